The van der Waals surface area contributed by atoms with Crippen LogP contribution in [0.1, 0.15) is 64.5 Å². The molecular weight excluding hydrogens is 350 g/mol. The number of nitrogens with zero attached hydrogens (tertiary/aromatic N) is 1. The zero-order valence-corrected chi connectivity index (χ0v) is 15.9. The minimum Gasteiger partial charge on any atom is -0.460 e. The van der Waals surface area contributed by atoms with Crippen LogP contribution in [0.3, 0.4) is 0 Å². The van der Waals surface area contributed by atoms with E-state index in [1.807, 2.05) is 20.8 Å². The highest BCUT2D eigenvalue weighted by Crippen LogP contribution is 2.43. The van der Waals surface area contributed by atoms with Gasteiger partial charge < -0.3 is 4.74 Å². The predicted octanol–water partition coefficient (Wildman–Crippen LogP) is 4.87. The van der Waals surface area contributed by atoms with E-state index in [4.69, 9.17) is 4.74 Å². The molecule has 0 bridgehead atoms. The van der Waals surface area contributed by atoms with Gasteiger partial charge in [0.15, 0.2) is 3.92 Å². The number of thiazole rings is 1. The van der Waals surface area contributed by atoms with Crippen molar-refractivity contribution in [3.05, 3.63) is 14.5 Å². The number of ether oxygens (including phenoxy) is 1. The zero-order chi connectivity index (χ0) is 15.8. The summed E-state index contributed by atoms with van der Waals surface area (Å²) in [7, 11) is 0. The third-order valence-corrected chi connectivity index (χ3v) is 5.29. The summed E-state index contributed by atoms with van der Waals surface area (Å²) in [4.78, 5) is 17.9. The number of aromatic nitrogens is 1. The van der Waals surface area contributed by atoms with Crippen LogP contribution in [0.2, 0.25) is 0 Å². The van der Waals surface area contributed by atoms with Gasteiger partial charge in [-0.25, -0.2) is 4.98 Å². The summed E-state index contributed by atoms with van der Waals surface area (Å²) < 4.78 is 6.36. The van der Waals surface area contributed by atoms with Crippen LogP contribution in [-0.2, 0) is 21.4 Å². The fourth-order valence-corrected chi connectivity index (χ4v) is 4.90. The van der Waals surface area contributed by atoms with Crippen molar-refractivity contribution in [2.24, 2.45) is 5.92 Å². The van der Waals surface area contributed by atoms with Gasteiger partial charge in [0.1, 0.15) is 5.60 Å². The van der Waals surface area contributed by atoms with Gasteiger partial charge in [0.25, 0.3) is 0 Å². The quantitative estimate of drug-likeness (QED) is 0.709. The Hall–Kier alpha value is -0.420. The molecule has 0 saturated carbocycles. The van der Waals surface area contributed by atoms with E-state index in [0.29, 0.717) is 12.3 Å². The predicted molar refractivity (Wildman–Crippen MR) is 89.7 cm³/mol. The van der Waals surface area contributed by atoms with Crippen LogP contribution in [0.25, 0.3) is 0 Å². The van der Waals surface area contributed by atoms with Gasteiger partial charge in [-0.15, -0.1) is 11.3 Å². The molecule has 1 aromatic rings. The number of hydrogen-bond acceptors (Lipinski definition) is 4. The minimum absolute atomic E-state index is 0.0865. The van der Waals surface area contributed by atoms with Crippen molar-refractivity contribution in [3.8, 4) is 0 Å². The smallest absolute Gasteiger partial charge is 0.306 e. The molecule has 0 N–H and O–H groups in total. The maximum absolute atomic E-state index is 11.9. The van der Waals surface area contributed by atoms with E-state index in [-0.39, 0.29) is 11.4 Å². The third-order valence-electron chi connectivity index (χ3n) is 3.76. The van der Waals surface area contributed by atoms with Crippen LogP contribution in [0.4, 0.5) is 0 Å². The average Bonchev–Trinajstić information content (AvgIpc) is 2.65. The molecule has 2 rings (SSSR count). The second kappa shape index (κ2) is 5.99. The summed E-state index contributed by atoms with van der Waals surface area (Å²) in [6.45, 7) is 10.2. The van der Waals surface area contributed by atoms with Gasteiger partial charge in [0, 0.05) is 16.7 Å². The number of halogens is 1. The first kappa shape index (κ1) is 16.9. The first-order chi connectivity index (χ1) is 9.57. The molecule has 5 heteroatoms. The molecule has 1 aliphatic rings. The number of hydrogen-bond donors (Lipinski definition) is 0. The van der Waals surface area contributed by atoms with Crippen LogP contribution in [0.15, 0.2) is 3.92 Å². The molecule has 0 spiro atoms. The molecule has 0 aliphatic heterocycles. The van der Waals surface area contributed by atoms with Crippen molar-refractivity contribution in [1.29, 1.82) is 0 Å². The Bertz CT molecular complexity index is 531. The Balaban J connectivity index is 1.97. The van der Waals surface area contributed by atoms with Gasteiger partial charge in [-0.2, -0.15) is 0 Å². The first-order valence-corrected chi connectivity index (χ1v) is 9.05. The lowest BCUT2D eigenvalue weighted by molar-refractivity contribution is -0.155. The monoisotopic (exact) mass is 373 g/mol. The zero-order valence-electron chi connectivity index (χ0n) is 13.5. The number of carbonyl (C=O) groups excluding carboxylic acids is 1. The molecule has 0 aromatic carbocycles. The third kappa shape index (κ3) is 4.52. The highest BCUT2D eigenvalue weighted by atomic mass is 79.9. The maximum Gasteiger partial charge on any atom is 0.306 e. The summed E-state index contributed by atoms with van der Waals surface area (Å²) in [6, 6.07) is 0. The van der Waals surface area contributed by atoms with Gasteiger partial charge in [-0.1, -0.05) is 13.8 Å². The van der Waals surface area contributed by atoms with E-state index in [0.717, 1.165) is 23.2 Å². The lowest BCUT2D eigenvalue weighted by Gasteiger charge is -2.34. The van der Waals surface area contributed by atoms with E-state index in [9.17, 15) is 4.79 Å². The van der Waals surface area contributed by atoms with E-state index < -0.39 is 5.60 Å². The first-order valence-electron chi connectivity index (χ1n) is 7.44. The van der Waals surface area contributed by atoms with Crippen molar-refractivity contribution < 1.29 is 9.53 Å². The summed E-state index contributed by atoms with van der Waals surface area (Å²) in [5, 5.41) is 0. The summed E-state index contributed by atoms with van der Waals surface area (Å²) in [6.07, 6.45) is 3.52. The Kier molecular flexibility index (Phi) is 4.84. The van der Waals surface area contributed by atoms with E-state index >= 15 is 0 Å². The lowest BCUT2D eigenvalue weighted by atomic mass is 9.72. The highest BCUT2D eigenvalue weighted by Gasteiger charge is 2.36. The summed E-state index contributed by atoms with van der Waals surface area (Å²) in [5.41, 5.74) is 0.931. The second-order valence-corrected chi connectivity index (χ2v) is 9.88. The van der Waals surface area contributed by atoms with Gasteiger partial charge >= 0.3 is 5.97 Å². The molecular formula is C16H24BrNO2S. The molecule has 1 unspecified atom stereocenters. The summed E-state index contributed by atoms with van der Waals surface area (Å²) in [5.74, 6) is 0.448. The molecule has 0 radical (unpaired) electrons. The van der Waals surface area contributed by atoms with Crippen LogP contribution >= 0.6 is 27.3 Å². The standard InChI is InChI=1S/C16H24BrNO2S/c1-15(2,3)20-12(19)7-6-10-8-11-13(16(4,5)9-10)18-14(17)21-11/h10H,6-9H2,1-5H3. The minimum atomic E-state index is -0.390. The van der Waals surface area contributed by atoms with Crippen molar-refractivity contribution in [2.45, 2.75) is 71.3 Å². The van der Waals surface area contributed by atoms with Crippen LogP contribution in [0.5, 0.6) is 0 Å². The fraction of sp³-hybridized carbons (Fsp3) is 0.750. The molecule has 21 heavy (non-hydrogen) atoms. The van der Waals surface area contributed by atoms with Crippen LogP contribution in [0, 0.1) is 5.92 Å². The molecule has 0 amide bonds. The molecule has 0 saturated heterocycles. The van der Waals surface area contributed by atoms with Crippen LogP contribution < -0.4 is 0 Å². The lowest BCUT2D eigenvalue weighted by Crippen LogP contribution is -2.30. The van der Waals surface area contributed by atoms with Gasteiger partial charge in [0.05, 0.1) is 5.69 Å². The van der Waals surface area contributed by atoms with Crippen molar-refractivity contribution in [3.63, 3.8) is 0 Å². The largest absolute Gasteiger partial charge is 0.460 e. The fourth-order valence-electron chi connectivity index (χ4n) is 3.06. The Morgan fingerprint density at radius 3 is 2.76 bits per heavy atom. The Morgan fingerprint density at radius 2 is 2.14 bits per heavy atom. The molecule has 3 nitrogen and oxygen atoms in total. The summed E-state index contributed by atoms with van der Waals surface area (Å²) >= 11 is 5.22. The number of esters is 1. The van der Waals surface area contributed by atoms with Crippen molar-refractivity contribution in [2.75, 3.05) is 0 Å². The van der Waals surface area contributed by atoms with E-state index in [1.54, 1.807) is 11.3 Å². The van der Waals surface area contributed by atoms with Gasteiger partial charge in [-0.05, 0) is 61.9 Å². The average molecular weight is 374 g/mol. The maximum atomic E-state index is 11.9. The molecule has 1 atom stereocenters. The van der Waals surface area contributed by atoms with Crippen LogP contribution in [-0.4, -0.2) is 16.6 Å². The van der Waals surface area contributed by atoms with Gasteiger partial charge in [0.2, 0.25) is 0 Å². The Morgan fingerprint density at radius 1 is 1.48 bits per heavy atom. The second-order valence-electron chi connectivity index (χ2n) is 7.52. The van der Waals surface area contributed by atoms with E-state index in [2.05, 4.69) is 34.8 Å². The highest BCUT2D eigenvalue weighted by molar-refractivity contribution is 9.11. The number of fused-ring (bicyclic) bond motifs is 1. The SMILES string of the molecule is CC(C)(C)OC(=O)CCC1Cc2sc(Br)nc2C(C)(C)C1. The molecule has 0 fully saturated rings. The molecule has 1 aromatic heterocycles. The molecule has 1 aliphatic carbocycles. The van der Waals surface area contributed by atoms with Crippen molar-refractivity contribution >= 4 is 33.2 Å². The number of rotatable bonds is 3. The topological polar surface area (TPSA) is 39.2 Å². The van der Waals surface area contributed by atoms with Crippen molar-refractivity contribution in [1.82, 2.24) is 4.98 Å². The number of carbonyl (C=O) groups is 1. The van der Waals surface area contributed by atoms with E-state index in [1.165, 1.54) is 10.6 Å². The molecule has 1 heterocycles. The van der Waals surface area contributed by atoms with Gasteiger partial charge in [-0.3, -0.25) is 4.79 Å². The molecule has 118 valence electrons. The normalized spacial score (nSPS) is 21.0. The Labute approximate surface area is 139 Å².